The number of para-hydroxylation sites is 1. The number of hydrogen-bond acceptors (Lipinski definition) is 4. The molecule has 3 rings (SSSR count). The number of halogens is 3. The molecule has 0 radical (unpaired) electrons. The number of carbonyl (C=O) groups excluding carboxylic acids is 1. The molecule has 1 saturated carbocycles. The van der Waals surface area contributed by atoms with E-state index in [-0.39, 0.29) is 17.2 Å². The van der Waals surface area contributed by atoms with Crippen LogP contribution >= 0.6 is 0 Å². The number of benzene rings is 2. The average molecular weight is 446 g/mol. The van der Waals surface area contributed by atoms with Gasteiger partial charge in [-0.05, 0) is 57.0 Å². The van der Waals surface area contributed by atoms with Gasteiger partial charge in [-0.25, -0.2) is 4.79 Å². The third-order valence-corrected chi connectivity index (χ3v) is 4.91. The Labute approximate surface area is 185 Å². The third kappa shape index (κ3) is 7.23. The third-order valence-electron chi connectivity index (χ3n) is 4.91. The second kappa shape index (κ2) is 9.99. The van der Waals surface area contributed by atoms with Crippen molar-refractivity contribution >= 4 is 5.97 Å². The van der Waals surface area contributed by atoms with Gasteiger partial charge in [-0.2, -0.15) is 0 Å². The predicted molar refractivity (Wildman–Crippen MR) is 114 cm³/mol. The molecule has 0 aliphatic heterocycles. The van der Waals surface area contributed by atoms with Gasteiger partial charge >= 0.3 is 12.3 Å². The monoisotopic (exact) mass is 446 g/mol. The summed E-state index contributed by atoms with van der Waals surface area (Å²) in [6.07, 6.45) is 0.536. The molecule has 1 fully saturated rings. The molecule has 170 valence electrons. The maximum atomic E-state index is 12.9. The maximum absolute atomic E-state index is 12.9. The highest BCUT2D eigenvalue weighted by Gasteiger charge is 2.33. The minimum atomic E-state index is -4.91. The normalized spacial score (nSPS) is 14.8. The van der Waals surface area contributed by atoms with Crippen LogP contribution in [0, 0.1) is 17.8 Å². The summed E-state index contributed by atoms with van der Waals surface area (Å²) in [5.41, 5.74) is -1.07. The van der Waals surface area contributed by atoms with Gasteiger partial charge in [0.2, 0.25) is 0 Å². The number of carbonyl (C=O) groups is 1. The first-order valence-electron chi connectivity index (χ1n) is 10.5. The summed E-state index contributed by atoms with van der Waals surface area (Å²) < 4.78 is 53.9. The Hall–Kier alpha value is -3.14. The van der Waals surface area contributed by atoms with Crippen LogP contribution in [0.1, 0.15) is 56.3 Å². The van der Waals surface area contributed by atoms with Gasteiger partial charge < -0.3 is 14.2 Å². The molecule has 4 nitrogen and oxygen atoms in total. The largest absolute Gasteiger partial charge is 0.573 e. The number of esters is 1. The zero-order valence-electron chi connectivity index (χ0n) is 18.0. The van der Waals surface area contributed by atoms with E-state index >= 15 is 0 Å². The van der Waals surface area contributed by atoms with E-state index in [1.807, 2.05) is 0 Å². The lowest BCUT2D eigenvalue weighted by Gasteiger charge is -2.24. The van der Waals surface area contributed by atoms with Crippen molar-refractivity contribution in [2.24, 2.45) is 5.92 Å². The van der Waals surface area contributed by atoms with Crippen LogP contribution in [0.2, 0.25) is 0 Å². The molecule has 0 unspecified atom stereocenters. The van der Waals surface area contributed by atoms with E-state index in [1.165, 1.54) is 18.6 Å². The van der Waals surface area contributed by atoms with E-state index in [0.717, 1.165) is 31.7 Å². The zero-order valence-corrected chi connectivity index (χ0v) is 18.0. The summed E-state index contributed by atoms with van der Waals surface area (Å²) >= 11 is 0. The van der Waals surface area contributed by atoms with Crippen molar-refractivity contribution in [1.82, 2.24) is 0 Å². The summed E-state index contributed by atoms with van der Waals surface area (Å²) in [5, 5.41) is 0. The first-order chi connectivity index (χ1) is 15.1. The van der Waals surface area contributed by atoms with Crippen LogP contribution in [0.25, 0.3) is 0 Å². The number of hydrogen-bond donors (Lipinski definition) is 0. The Morgan fingerprint density at radius 2 is 1.62 bits per heavy atom. The molecule has 7 heteroatoms. The van der Waals surface area contributed by atoms with Crippen LogP contribution in [0.5, 0.6) is 17.2 Å². The molecule has 32 heavy (non-hydrogen) atoms. The summed E-state index contributed by atoms with van der Waals surface area (Å²) in [7, 11) is 0. The SMILES string of the molecule is CC(C)(C#CC1CCCCC1)Oc1cc(C(=O)Oc2ccccc2)ccc1OC(F)(F)F. The van der Waals surface area contributed by atoms with Crippen molar-refractivity contribution in [3.05, 3.63) is 54.1 Å². The summed E-state index contributed by atoms with van der Waals surface area (Å²) in [6.45, 7) is 3.32. The van der Waals surface area contributed by atoms with Crippen molar-refractivity contribution in [3.8, 4) is 29.1 Å². The van der Waals surface area contributed by atoms with Crippen LogP contribution in [0.4, 0.5) is 13.2 Å². The molecule has 0 saturated heterocycles. The molecule has 0 heterocycles. The Balaban J connectivity index is 1.84. The molecule has 2 aromatic carbocycles. The highest BCUT2D eigenvalue weighted by molar-refractivity contribution is 5.91. The van der Waals surface area contributed by atoms with Gasteiger partial charge in [-0.15, -0.1) is 13.2 Å². The lowest BCUT2D eigenvalue weighted by atomic mass is 9.89. The minimum absolute atomic E-state index is 0.0226. The van der Waals surface area contributed by atoms with Crippen molar-refractivity contribution in [2.75, 3.05) is 0 Å². The Bertz CT molecular complexity index is 982. The van der Waals surface area contributed by atoms with Crippen LogP contribution in [0.3, 0.4) is 0 Å². The fraction of sp³-hybridized carbons (Fsp3) is 0.400. The average Bonchev–Trinajstić information content (AvgIpc) is 2.74. The molecule has 1 aliphatic carbocycles. The first-order valence-corrected chi connectivity index (χ1v) is 10.5. The van der Waals surface area contributed by atoms with Gasteiger partial charge in [0.25, 0.3) is 0 Å². The van der Waals surface area contributed by atoms with Crippen molar-refractivity contribution in [1.29, 1.82) is 0 Å². The molecular formula is C25H25F3O4. The highest BCUT2D eigenvalue weighted by Crippen LogP contribution is 2.35. The number of rotatable bonds is 5. The lowest BCUT2D eigenvalue weighted by molar-refractivity contribution is -0.275. The van der Waals surface area contributed by atoms with E-state index < -0.39 is 23.7 Å². The smallest absolute Gasteiger partial charge is 0.471 e. The second-order valence-electron chi connectivity index (χ2n) is 8.13. The van der Waals surface area contributed by atoms with E-state index in [1.54, 1.807) is 44.2 Å². The van der Waals surface area contributed by atoms with E-state index in [0.29, 0.717) is 5.75 Å². The fourth-order valence-electron chi connectivity index (χ4n) is 3.40. The molecule has 0 N–H and O–H groups in total. The van der Waals surface area contributed by atoms with Crippen LogP contribution in [-0.2, 0) is 0 Å². The van der Waals surface area contributed by atoms with E-state index in [9.17, 15) is 18.0 Å². The summed E-state index contributed by atoms with van der Waals surface area (Å²) in [6, 6.07) is 11.8. The molecular weight excluding hydrogens is 421 g/mol. The van der Waals surface area contributed by atoms with Gasteiger partial charge in [-0.1, -0.05) is 49.3 Å². The second-order valence-corrected chi connectivity index (χ2v) is 8.13. The van der Waals surface area contributed by atoms with Gasteiger partial charge in [0.15, 0.2) is 17.1 Å². The standard InChI is InChI=1S/C25H25F3O4/c1-24(2,16-15-18-9-5-3-6-10-18)31-22-17-19(13-14-21(22)32-25(26,27)28)23(29)30-20-11-7-4-8-12-20/h4,7-8,11-14,17-18H,3,5-6,9-10H2,1-2H3. The maximum Gasteiger partial charge on any atom is 0.573 e. The predicted octanol–water partition coefficient (Wildman–Crippen LogP) is 6.55. The fourth-order valence-corrected chi connectivity index (χ4v) is 3.40. The van der Waals surface area contributed by atoms with Gasteiger partial charge in [0, 0.05) is 5.92 Å². The Morgan fingerprint density at radius 3 is 2.28 bits per heavy atom. The van der Waals surface area contributed by atoms with E-state index in [4.69, 9.17) is 9.47 Å². The molecule has 0 aromatic heterocycles. The Morgan fingerprint density at radius 1 is 0.938 bits per heavy atom. The topological polar surface area (TPSA) is 44.8 Å². The molecule has 0 atom stereocenters. The zero-order chi connectivity index (χ0) is 23.2. The van der Waals surface area contributed by atoms with E-state index in [2.05, 4.69) is 16.6 Å². The summed E-state index contributed by atoms with van der Waals surface area (Å²) in [4.78, 5) is 12.5. The van der Waals surface area contributed by atoms with Gasteiger partial charge in [0.05, 0.1) is 5.56 Å². The van der Waals surface area contributed by atoms with Gasteiger partial charge in [-0.3, -0.25) is 0 Å². The van der Waals surface area contributed by atoms with Gasteiger partial charge in [0.1, 0.15) is 5.75 Å². The summed E-state index contributed by atoms with van der Waals surface area (Å²) in [5.74, 6) is 5.26. The van der Waals surface area contributed by atoms with Crippen molar-refractivity contribution < 1.29 is 32.2 Å². The van der Waals surface area contributed by atoms with Crippen LogP contribution in [-0.4, -0.2) is 17.9 Å². The lowest BCUT2D eigenvalue weighted by Crippen LogP contribution is -2.27. The first kappa shape index (κ1) is 23.5. The highest BCUT2D eigenvalue weighted by atomic mass is 19.4. The number of alkyl halides is 3. The molecule has 2 aromatic rings. The van der Waals surface area contributed by atoms with Crippen LogP contribution < -0.4 is 14.2 Å². The molecule has 0 bridgehead atoms. The molecule has 1 aliphatic rings. The minimum Gasteiger partial charge on any atom is -0.471 e. The quantitative estimate of drug-likeness (QED) is 0.297. The van der Waals surface area contributed by atoms with Crippen molar-refractivity contribution in [3.63, 3.8) is 0 Å². The van der Waals surface area contributed by atoms with Crippen molar-refractivity contribution in [2.45, 2.75) is 57.9 Å². The number of ether oxygens (including phenoxy) is 3. The Kier molecular flexibility index (Phi) is 7.34. The van der Waals surface area contributed by atoms with Crippen LogP contribution in [0.15, 0.2) is 48.5 Å². The molecule has 0 spiro atoms. The molecule has 0 amide bonds.